The normalized spacial score (nSPS) is 10.7. The topological polar surface area (TPSA) is 37.8 Å². The Morgan fingerprint density at radius 1 is 1.20 bits per heavy atom. The number of aryl methyl sites for hydroxylation is 2. The average Bonchev–Trinajstić information content (AvgIpc) is 2.22. The zero-order valence-electron chi connectivity index (χ0n) is 9.92. The summed E-state index contributed by atoms with van der Waals surface area (Å²) in [4.78, 5) is 8.93. The van der Waals surface area contributed by atoms with Crippen molar-refractivity contribution in [2.75, 3.05) is 19.8 Å². The third-order valence-electron chi connectivity index (χ3n) is 2.44. The van der Waals surface area contributed by atoms with E-state index in [2.05, 4.69) is 29.1 Å². The summed E-state index contributed by atoms with van der Waals surface area (Å²) in [5.74, 6) is 0. The van der Waals surface area contributed by atoms with Gasteiger partial charge < -0.3 is 5.32 Å². The van der Waals surface area contributed by atoms with Gasteiger partial charge in [-0.05, 0) is 52.1 Å². The lowest BCUT2D eigenvalue weighted by atomic mass is 10.1. The molecule has 0 saturated heterocycles. The van der Waals surface area contributed by atoms with Crippen LogP contribution in [0, 0.1) is 13.8 Å². The first-order valence-corrected chi connectivity index (χ1v) is 6.44. The molecule has 1 N–H and O–H groups in total. The molecule has 1 heterocycles. The molecule has 0 atom stereocenters. The third-order valence-corrected chi connectivity index (χ3v) is 2.98. The predicted octanol–water partition coefficient (Wildman–Crippen LogP) is 1.97. The fourth-order valence-electron chi connectivity index (χ4n) is 1.60. The van der Waals surface area contributed by atoms with Crippen molar-refractivity contribution in [3.63, 3.8) is 0 Å². The Hall–Kier alpha value is -0.610. The molecule has 0 unspecified atom stereocenters. The highest BCUT2D eigenvalue weighted by Crippen LogP contribution is 2.16. The molecule has 0 aliphatic heterocycles. The van der Waals surface area contributed by atoms with Crippen molar-refractivity contribution in [1.82, 2.24) is 15.3 Å². The van der Waals surface area contributed by atoms with E-state index in [1.165, 1.54) is 5.56 Å². The van der Waals surface area contributed by atoms with Gasteiger partial charge >= 0.3 is 0 Å². The fraction of sp³-hybridized carbons (Fsp3) is 0.636. The molecule has 1 aromatic heterocycles. The van der Waals surface area contributed by atoms with E-state index < -0.39 is 0 Å². The molecule has 0 radical (unpaired) electrons. The second-order valence-corrected chi connectivity index (χ2v) is 4.34. The maximum absolute atomic E-state index is 4.46. The number of hydrogen-bond acceptors (Lipinski definition) is 4. The molecule has 0 saturated carbocycles. The van der Waals surface area contributed by atoms with Crippen LogP contribution in [0.25, 0.3) is 0 Å². The minimum atomic E-state index is 0.877. The lowest BCUT2D eigenvalue weighted by Gasteiger charge is -2.09. The van der Waals surface area contributed by atoms with Gasteiger partial charge in [-0.2, -0.15) is 0 Å². The van der Waals surface area contributed by atoms with Crippen molar-refractivity contribution in [1.29, 1.82) is 0 Å². The molecule has 15 heavy (non-hydrogen) atoms. The van der Waals surface area contributed by atoms with Gasteiger partial charge in [0.1, 0.15) is 0 Å². The van der Waals surface area contributed by atoms with Crippen LogP contribution in [0.1, 0.15) is 23.4 Å². The summed E-state index contributed by atoms with van der Waals surface area (Å²) in [6, 6.07) is 0. The number of thioether (sulfide) groups is 1. The summed E-state index contributed by atoms with van der Waals surface area (Å²) in [5.41, 5.74) is 3.56. The minimum Gasteiger partial charge on any atom is -0.320 e. The van der Waals surface area contributed by atoms with Crippen molar-refractivity contribution in [3.05, 3.63) is 17.0 Å². The highest BCUT2D eigenvalue weighted by molar-refractivity contribution is 7.98. The van der Waals surface area contributed by atoms with E-state index in [1.807, 2.05) is 13.3 Å². The summed E-state index contributed by atoms with van der Waals surface area (Å²) in [7, 11) is 1.98. The van der Waals surface area contributed by atoms with Crippen LogP contribution in [0.5, 0.6) is 0 Å². The Balaban J connectivity index is 2.79. The second-order valence-electron chi connectivity index (χ2n) is 3.57. The van der Waals surface area contributed by atoms with E-state index in [0.717, 1.165) is 35.9 Å². The van der Waals surface area contributed by atoms with Crippen LogP contribution in [0.4, 0.5) is 0 Å². The molecule has 0 fully saturated rings. The van der Waals surface area contributed by atoms with Crippen molar-refractivity contribution in [3.8, 4) is 0 Å². The summed E-state index contributed by atoms with van der Waals surface area (Å²) < 4.78 is 0. The summed E-state index contributed by atoms with van der Waals surface area (Å²) >= 11 is 1.60. The second kappa shape index (κ2) is 6.08. The van der Waals surface area contributed by atoms with E-state index in [1.54, 1.807) is 11.8 Å². The first-order chi connectivity index (χ1) is 7.19. The lowest BCUT2D eigenvalue weighted by molar-refractivity contribution is 0.709. The van der Waals surface area contributed by atoms with Crippen LogP contribution in [0.2, 0.25) is 0 Å². The highest BCUT2D eigenvalue weighted by Gasteiger charge is 2.07. The number of nitrogens with one attached hydrogen (secondary N) is 1. The Kier molecular flexibility index (Phi) is 5.05. The first-order valence-electron chi connectivity index (χ1n) is 5.21. The molecule has 0 amide bonds. The van der Waals surface area contributed by atoms with E-state index in [-0.39, 0.29) is 0 Å². The average molecular weight is 225 g/mol. The van der Waals surface area contributed by atoms with Gasteiger partial charge in [-0.25, -0.2) is 9.97 Å². The number of rotatable bonds is 5. The highest BCUT2D eigenvalue weighted by atomic mass is 32.2. The van der Waals surface area contributed by atoms with Crippen LogP contribution in [-0.2, 0) is 6.42 Å². The molecule has 1 rings (SSSR count). The van der Waals surface area contributed by atoms with Crippen molar-refractivity contribution in [2.24, 2.45) is 0 Å². The van der Waals surface area contributed by atoms with Gasteiger partial charge in [-0.3, -0.25) is 0 Å². The van der Waals surface area contributed by atoms with E-state index in [9.17, 15) is 0 Å². The molecule has 0 spiro atoms. The summed E-state index contributed by atoms with van der Waals surface area (Å²) in [6.45, 7) is 5.19. The molecule has 0 bridgehead atoms. The van der Waals surface area contributed by atoms with Crippen LogP contribution in [0.3, 0.4) is 0 Å². The lowest BCUT2D eigenvalue weighted by Crippen LogP contribution is -2.10. The Morgan fingerprint density at radius 3 is 2.27 bits per heavy atom. The van der Waals surface area contributed by atoms with Crippen LogP contribution in [0.15, 0.2) is 5.16 Å². The van der Waals surface area contributed by atoms with E-state index in [4.69, 9.17) is 0 Å². The maximum Gasteiger partial charge on any atom is 0.187 e. The number of aromatic nitrogens is 2. The Labute approximate surface area is 96.1 Å². The van der Waals surface area contributed by atoms with Crippen LogP contribution < -0.4 is 5.32 Å². The minimum absolute atomic E-state index is 0.877. The molecule has 0 aliphatic carbocycles. The molecule has 0 aromatic carbocycles. The van der Waals surface area contributed by atoms with Crippen molar-refractivity contribution < 1.29 is 0 Å². The van der Waals surface area contributed by atoms with Gasteiger partial charge in [0.2, 0.25) is 0 Å². The molecule has 84 valence electrons. The van der Waals surface area contributed by atoms with Gasteiger partial charge in [-0.15, -0.1) is 0 Å². The quantitative estimate of drug-likeness (QED) is 0.472. The van der Waals surface area contributed by atoms with Crippen LogP contribution >= 0.6 is 11.8 Å². The summed E-state index contributed by atoms with van der Waals surface area (Å²) in [5, 5.41) is 4.03. The predicted molar refractivity (Wildman–Crippen MR) is 65.5 cm³/mol. The maximum atomic E-state index is 4.46. The van der Waals surface area contributed by atoms with Crippen molar-refractivity contribution in [2.45, 2.75) is 31.8 Å². The Morgan fingerprint density at radius 2 is 1.80 bits per heavy atom. The fourth-order valence-corrected chi connectivity index (χ4v) is 2.06. The standard InChI is InChI=1S/C11H19N3S/c1-8-10(6-5-7-12-3)9(2)14-11(13-8)15-4/h12H,5-7H2,1-4H3. The summed E-state index contributed by atoms with van der Waals surface area (Å²) in [6.07, 6.45) is 4.21. The SMILES string of the molecule is CNCCCc1c(C)nc(SC)nc1C. The molecule has 1 aromatic rings. The van der Waals surface area contributed by atoms with Gasteiger partial charge in [0.25, 0.3) is 0 Å². The van der Waals surface area contributed by atoms with Gasteiger partial charge in [0, 0.05) is 11.4 Å². The van der Waals surface area contributed by atoms with Crippen molar-refractivity contribution >= 4 is 11.8 Å². The van der Waals surface area contributed by atoms with Gasteiger partial charge in [0.15, 0.2) is 5.16 Å². The molecule has 3 nitrogen and oxygen atoms in total. The van der Waals surface area contributed by atoms with Crippen LogP contribution in [-0.4, -0.2) is 29.8 Å². The monoisotopic (exact) mass is 225 g/mol. The van der Waals surface area contributed by atoms with E-state index >= 15 is 0 Å². The number of hydrogen-bond donors (Lipinski definition) is 1. The molecular weight excluding hydrogens is 206 g/mol. The smallest absolute Gasteiger partial charge is 0.187 e. The zero-order valence-corrected chi connectivity index (χ0v) is 10.7. The molecule has 4 heteroatoms. The van der Waals surface area contributed by atoms with Gasteiger partial charge in [0.05, 0.1) is 0 Å². The largest absolute Gasteiger partial charge is 0.320 e. The van der Waals surface area contributed by atoms with Gasteiger partial charge in [-0.1, -0.05) is 11.8 Å². The van der Waals surface area contributed by atoms with E-state index in [0.29, 0.717) is 0 Å². The number of nitrogens with zero attached hydrogens (tertiary/aromatic N) is 2. The zero-order chi connectivity index (χ0) is 11.3. The molecular formula is C11H19N3S. The Bertz CT molecular complexity index is 303. The first kappa shape index (κ1) is 12.5. The third kappa shape index (κ3) is 3.47. The molecule has 0 aliphatic rings.